The van der Waals surface area contributed by atoms with Crippen molar-refractivity contribution < 1.29 is 0 Å². The third-order valence-electron chi connectivity index (χ3n) is 3.29. The summed E-state index contributed by atoms with van der Waals surface area (Å²) in [7, 11) is 0. The molecular formula is C16H27BrN2. The van der Waals surface area contributed by atoms with Crippen LogP contribution < -0.4 is 10.6 Å². The van der Waals surface area contributed by atoms with E-state index < -0.39 is 0 Å². The molecule has 1 aromatic rings. The van der Waals surface area contributed by atoms with Gasteiger partial charge in [-0.25, -0.2) is 0 Å². The standard InChI is InChI=1S/C16H27BrN2/c1-12(2)7-9-19(10-8-13(3)4)16-11-14(17)5-6-15(16)18/h5-6,11-13H,7-10,18H2,1-4H3. The minimum Gasteiger partial charge on any atom is -0.397 e. The first-order valence-electron chi connectivity index (χ1n) is 7.20. The van der Waals surface area contributed by atoms with Crippen LogP contribution in [-0.4, -0.2) is 13.1 Å². The lowest BCUT2D eigenvalue weighted by Crippen LogP contribution is -2.28. The summed E-state index contributed by atoms with van der Waals surface area (Å²) in [6.07, 6.45) is 2.40. The third-order valence-corrected chi connectivity index (χ3v) is 3.78. The second kappa shape index (κ2) is 7.78. The molecule has 19 heavy (non-hydrogen) atoms. The molecule has 0 radical (unpaired) electrons. The number of hydrogen-bond acceptors (Lipinski definition) is 2. The van der Waals surface area contributed by atoms with Gasteiger partial charge in [0.2, 0.25) is 0 Å². The van der Waals surface area contributed by atoms with Gasteiger partial charge in [-0.15, -0.1) is 0 Å². The van der Waals surface area contributed by atoms with Gasteiger partial charge in [0.1, 0.15) is 0 Å². The van der Waals surface area contributed by atoms with Crippen LogP contribution in [0.25, 0.3) is 0 Å². The van der Waals surface area contributed by atoms with Gasteiger partial charge in [-0.3, -0.25) is 0 Å². The van der Waals surface area contributed by atoms with E-state index in [0.717, 1.165) is 40.8 Å². The highest BCUT2D eigenvalue weighted by Gasteiger charge is 2.11. The Labute approximate surface area is 126 Å². The number of rotatable bonds is 7. The van der Waals surface area contributed by atoms with Gasteiger partial charge in [0.15, 0.2) is 0 Å². The van der Waals surface area contributed by atoms with Crippen LogP contribution in [0, 0.1) is 11.8 Å². The molecule has 0 amide bonds. The van der Waals surface area contributed by atoms with Crippen LogP contribution in [-0.2, 0) is 0 Å². The molecule has 0 aliphatic carbocycles. The van der Waals surface area contributed by atoms with E-state index in [-0.39, 0.29) is 0 Å². The number of anilines is 2. The molecule has 0 aliphatic heterocycles. The summed E-state index contributed by atoms with van der Waals surface area (Å²) >= 11 is 3.54. The van der Waals surface area contributed by atoms with Crippen molar-refractivity contribution in [2.45, 2.75) is 40.5 Å². The minimum absolute atomic E-state index is 0.718. The largest absolute Gasteiger partial charge is 0.397 e. The van der Waals surface area contributed by atoms with Gasteiger partial charge in [-0.1, -0.05) is 43.6 Å². The molecular weight excluding hydrogens is 300 g/mol. The molecule has 2 N–H and O–H groups in total. The number of nitrogens with two attached hydrogens (primary N) is 1. The van der Waals surface area contributed by atoms with E-state index in [1.807, 2.05) is 12.1 Å². The van der Waals surface area contributed by atoms with E-state index in [1.165, 1.54) is 12.8 Å². The first-order valence-corrected chi connectivity index (χ1v) is 7.99. The van der Waals surface area contributed by atoms with Crippen LogP contribution in [0.1, 0.15) is 40.5 Å². The molecule has 0 heterocycles. The number of benzene rings is 1. The minimum atomic E-state index is 0.718. The average molecular weight is 327 g/mol. The summed E-state index contributed by atoms with van der Waals surface area (Å²) in [6.45, 7) is 11.2. The zero-order valence-corrected chi connectivity index (χ0v) is 14.2. The van der Waals surface area contributed by atoms with E-state index in [2.05, 4.69) is 54.6 Å². The SMILES string of the molecule is CC(C)CCN(CCC(C)C)c1cc(Br)ccc1N. The van der Waals surface area contributed by atoms with Crippen molar-refractivity contribution in [3.05, 3.63) is 22.7 Å². The van der Waals surface area contributed by atoms with Gasteiger partial charge in [0, 0.05) is 17.6 Å². The van der Waals surface area contributed by atoms with E-state index in [0.29, 0.717) is 0 Å². The van der Waals surface area contributed by atoms with Crippen LogP contribution in [0.4, 0.5) is 11.4 Å². The maximum atomic E-state index is 6.14. The Morgan fingerprint density at radius 2 is 1.58 bits per heavy atom. The second-order valence-electron chi connectivity index (χ2n) is 6.06. The summed E-state index contributed by atoms with van der Waals surface area (Å²) < 4.78 is 1.09. The molecule has 3 heteroatoms. The molecule has 0 aliphatic rings. The van der Waals surface area contributed by atoms with Gasteiger partial charge in [0.05, 0.1) is 11.4 Å². The van der Waals surface area contributed by atoms with E-state index >= 15 is 0 Å². The lowest BCUT2D eigenvalue weighted by atomic mass is 10.1. The predicted molar refractivity (Wildman–Crippen MR) is 89.7 cm³/mol. The number of halogens is 1. The van der Waals surface area contributed by atoms with Gasteiger partial charge < -0.3 is 10.6 Å². The van der Waals surface area contributed by atoms with Crippen LogP contribution >= 0.6 is 15.9 Å². The van der Waals surface area contributed by atoms with Crippen molar-refractivity contribution in [1.29, 1.82) is 0 Å². The zero-order chi connectivity index (χ0) is 14.4. The van der Waals surface area contributed by atoms with Crippen LogP contribution in [0.3, 0.4) is 0 Å². The summed E-state index contributed by atoms with van der Waals surface area (Å²) in [6, 6.07) is 6.12. The highest BCUT2D eigenvalue weighted by Crippen LogP contribution is 2.28. The van der Waals surface area contributed by atoms with Gasteiger partial charge in [0.25, 0.3) is 0 Å². The molecule has 0 atom stereocenters. The van der Waals surface area contributed by atoms with Gasteiger partial charge in [-0.2, -0.15) is 0 Å². The molecule has 0 bridgehead atoms. The molecule has 0 unspecified atom stereocenters. The highest BCUT2D eigenvalue weighted by atomic mass is 79.9. The Kier molecular flexibility index (Phi) is 6.70. The second-order valence-corrected chi connectivity index (χ2v) is 6.97. The number of nitrogen functional groups attached to an aromatic ring is 1. The first-order chi connectivity index (χ1) is 8.90. The quantitative estimate of drug-likeness (QED) is 0.720. The maximum absolute atomic E-state index is 6.14. The summed E-state index contributed by atoms with van der Waals surface area (Å²) in [5.74, 6) is 1.44. The van der Waals surface area contributed by atoms with Gasteiger partial charge in [-0.05, 0) is 42.9 Å². The van der Waals surface area contributed by atoms with E-state index in [4.69, 9.17) is 5.73 Å². The smallest absolute Gasteiger partial charge is 0.0611 e. The molecule has 2 nitrogen and oxygen atoms in total. The number of hydrogen-bond donors (Lipinski definition) is 1. The Balaban J connectivity index is 2.83. The van der Waals surface area contributed by atoms with Crippen molar-refractivity contribution in [3.8, 4) is 0 Å². The molecule has 1 rings (SSSR count). The third kappa shape index (κ3) is 5.85. The number of nitrogens with zero attached hydrogens (tertiary/aromatic N) is 1. The summed E-state index contributed by atoms with van der Waals surface area (Å²) in [5, 5.41) is 0. The molecule has 0 spiro atoms. The predicted octanol–water partition coefficient (Wildman–Crippen LogP) is 4.93. The molecule has 108 valence electrons. The summed E-state index contributed by atoms with van der Waals surface area (Å²) in [5.41, 5.74) is 8.17. The monoisotopic (exact) mass is 326 g/mol. The Bertz CT molecular complexity index is 376. The Morgan fingerprint density at radius 1 is 1.05 bits per heavy atom. The topological polar surface area (TPSA) is 29.3 Å². The summed E-state index contributed by atoms with van der Waals surface area (Å²) in [4.78, 5) is 2.43. The Morgan fingerprint density at radius 3 is 2.05 bits per heavy atom. The fourth-order valence-electron chi connectivity index (χ4n) is 1.97. The van der Waals surface area contributed by atoms with Crippen molar-refractivity contribution >= 4 is 27.3 Å². The van der Waals surface area contributed by atoms with Crippen LogP contribution in [0.2, 0.25) is 0 Å². The van der Waals surface area contributed by atoms with Crippen molar-refractivity contribution in [2.75, 3.05) is 23.7 Å². The van der Waals surface area contributed by atoms with E-state index in [1.54, 1.807) is 0 Å². The lowest BCUT2D eigenvalue weighted by Gasteiger charge is -2.28. The molecule has 0 aromatic heterocycles. The molecule has 0 saturated carbocycles. The fraction of sp³-hybridized carbons (Fsp3) is 0.625. The highest BCUT2D eigenvalue weighted by molar-refractivity contribution is 9.10. The van der Waals surface area contributed by atoms with Crippen LogP contribution in [0.15, 0.2) is 22.7 Å². The maximum Gasteiger partial charge on any atom is 0.0611 e. The average Bonchev–Trinajstić information content (AvgIpc) is 2.32. The molecule has 1 aromatic carbocycles. The normalized spacial score (nSPS) is 11.3. The van der Waals surface area contributed by atoms with E-state index in [9.17, 15) is 0 Å². The van der Waals surface area contributed by atoms with Crippen molar-refractivity contribution in [1.82, 2.24) is 0 Å². The zero-order valence-electron chi connectivity index (χ0n) is 12.6. The lowest BCUT2D eigenvalue weighted by molar-refractivity contribution is 0.535. The Hall–Kier alpha value is -0.700. The molecule has 0 fully saturated rings. The van der Waals surface area contributed by atoms with Crippen molar-refractivity contribution in [2.24, 2.45) is 11.8 Å². The van der Waals surface area contributed by atoms with Crippen LogP contribution in [0.5, 0.6) is 0 Å². The van der Waals surface area contributed by atoms with Crippen molar-refractivity contribution in [3.63, 3.8) is 0 Å². The van der Waals surface area contributed by atoms with Gasteiger partial charge >= 0.3 is 0 Å². The fourth-order valence-corrected chi connectivity index (χ4v) is 2.32. The first kappa shape index (κ1) is 16.4. The molecule has 0 saturated heterocycles.